The van der Waals surface area contributed by atoms with Crippen LogP contribution in [0.2, 0.25) is 0 Å². The number of benzene rings is 3. The molecule has 0 unspecified atom stereocenters. The second kappa shape index (κ2) is 11.1. The first kappa shape index (κ1) is 25.6. The lowest BCUT2D eigenvalue weighted by Gasteiger charge is -2.41. The Morgan fingerprint density at radius 3 is 2.39 bits per heavy atom. The molecule has 0 aliphatic carbocycles. The van der Waals surface area contributed by atoms with Crippen molar-refractivity contribution < 1.29 is 14.7 Å². The lowest BCUT2D eigenvalue weighted by atomic mass is 9.76. The molecule has 4 aromatic rings. The average Bonchev–Trinajstić information content (AvgIpc) is 2.95. The minimum absolute atomic E-state index is 0.0192. The quantitative estimate of drug-likeness (QED) is 0.284. The third-order valence-corrected chi connectivity index (χ3v) is 7.54. The Morgan fingerprint density at radius 2 is 1.66 bits per heavy atom. The number of nitrogens with zero attached hydrogens (tertiary/aromatic N) is 3. The van der Waals surface area contributed by atoms with Gasteiger partial charge in [0.05, 0.1) is 22.4 Å². The molecule has 194 valence electrons. The standard InChI is InChI=1S/C32H33N3O3/c1-32(25-13-6-3-7-14-25)19-10-20-35(22-32)31(38)24-17-18-26-28(21-24)33-27(15-8-9-16-29(36)37)30(34-26)23-11-4-2-5-12-23/h2-7,11-14,17-18,21H,8-10,15-16,19-20,22H2,1H3,(H,36,37)/t32-/m1/s1. The minimum Gasteiger partial charge on any atom is -0.481 e. The Labute approximate surface area is 223 Å². The smallest absolute Gasteiger partial charge is 0.303 e. The number of rotatable bonds is 8. The highest BCUT2D eigenvalue weighted by Gasteiger charge is 2.34. The lowest BCUT2D eigenvalue weighted by Crippen LogP contribution is -2.47. The number of carbonyl (C=O) groups excluding carboxylic acids is 1. The highest BCUT2D eigenvalue weighted by Crippen LogP contribution is 2.34. The van der Waals surface area contributed by atoms with E-state index in [2.05, 4.69) is 31.2 Å². The topological polar surface area (TPSA) is 83.4 Å². The summed E-state index contributed by atoms with van der Waals surface area (Å²) in [6, 6.07) is 26.0. The molecule has 1 saturated heterocycles. The molecule has 3 aromatic carbocycles. The Kier molecular flexibility index (Phi) is 7.50. The molecule has 1 aliphatic heterocycles. The number of piperidine rings is 1. The van der Waals surface area contributed by atoms with Crippen LogP contribution >= 0.6 is 0 Å². The van der Waals surface area contributed by atoms with Crippen LogP contribution in [0.4, 0.5) is 0 Å². The average molecular weight is 508 g/mol. The van der Waals surface area contributed by atoms with Gasteiger partial charge in [-0.05, 0) is 55.9 Å². The van der Waals surface area contributed by atoms with Crippen LogP contribution in [-0.2, 0) is 16.6 Å². The summed E-state index contributed by atoms with van der Waals surface area (Å²) < 4.78 is 0. The Bertz CT molecular complexity index is 1440. The fourth-order valence-corrected chi connectivity index (χ4v) is 5.47. The van der Waals surface area contributed by atoms with Crippen LogP contribution in [0.25, 0.3) is 22.3 Å². The fraction of sp³-hybridized carbons (Fsp3) is 0.312. The van der Waals surface area contributed by atoms with E-state index in [-0.39, 0.29) is 17.7 Å². The van der Waals surface area contributed by atoms with Gasteiger partial charge in [0.2, 0.25) is 0 Å². The Balaban J connectivity index is 1.43. The highest BCUT2D eigenvalue weighted by atomic mass is 16.4. The van der Waals surface area contributed by atoms with Gasteiger partial charge in [-0.1, -0.05) is 67.6 Å². The van der Waals surface area contributed by atoms with Crippen LogP contribution in [0.15, 0.2) is 78.9 Å². The molecule has 1 amide bonds. The third-order valence-electron chi connectivity index (χ3n) is 7.54. The van der Waals surface area contributed by atoms with Crippen LogP contribution in [-0.4, -0.2) is 44.9 Å². The van der Waals surface area contributed by atoms with Crippen LogP contribution < -0.4 is 0 Å². The number of carboxylic acid groups (broad SMARTS) is 1. The molecule has 0 saturated carbocycles. The van der Waals surface area contributed by atoms with Crippen molar-refractivity contribution in [2.45, 2.75) is 50.9 Å². The van der Waals surface area contributed by atoms with E-state index in [1.165, 1.54) is 5.56 Å². The van der Waals surface area contributed by atoms with Crippen molar-refractivity contribution in [1.29, 1.82) is 0 Å². The molecule has 1 fully saturated rings. The van der Waals surface area contributed by atoms with Gasteiger partial charge in [0.15, 0.2) is 0 Å². The molecule has 1 N–H and O–H groups in total. The van der Waals surface area contributed by atoms with E-state index in [1.54, 1.807) is 0 Å². The predicted octanol–water partition coefficient (Wildman–Crippen LogP) is 6.29. The number of aliphatic carboxylic acids is 1. The second-order valence-corrected chi connectivity index (χ2v) is 10.4. The first-order valence-electron chi connectivity index (χ1n) is 13.4. The molecule has 1 aromatic heterocycles. The van der Waals surface area contributed by atoms with Crippen molar-refractivity contribution in [3.05, 3.63) is 95.7 Å². The van der Waals surface area contributed by atoms with Crippen LogP contribution in [0.1, 0.15) is 60.6 Å². The summed E-state index contributed by atoms with van der Waals surface area (Å²) >= 11 is 0. The summed E-state index contributed by atoms with van der Waals surface area (Å²) in [5.41, 5.74) is 5.85. The lowest BCUT2D eigenvalue weighted by molar-refractivity contribution is -0.137. The molecule has 1 aliphatic rings. The van der Waals surface area contributed by atoms with Gasteiger partial charge in [0.1, 0.15) is 0 Å². The Hall–Kier alpha value is -4.06. The summed E-state index contributed by atoms with van der Waals surface area (Å²) in [5.74, 6) is -0.771. The molecule has 0 spiro atoms. The largest absolute Gasteiger partial charge is 0.481 e. The number of hydrogen-bond acceptors (Lipinski definition) is 4. The van der Waals surface area contributed by atoms with Gasteiger partial charge in [-0.15, -0.1) is 0 Å². The molecule has 5 rings (SSSR count). The van der Waals surface area contributed by atoms with E-state index >= 15 is 0 Å². The number of hydrogen-bond donors (Lipinski definition) is 1. The van der Waals surface area contributed by atoms with Gasteiger partial charge in [0, 0.05) is 36.1 Å². The number of aryl methyl sites for hydroxylation is 1. The molecule has 2 heterocycles. The van der Waals surface area contributed by atoms with Crippen LogP contribution in [0, 0.1) is 0 Å². The van der Waals surface area contributed by atoms with Gasteiger partial charge < -0.3 is 10.0 Å². The maximum absolute atomic E-state index is 13.6. The monoisotopic (exact) mass is 507 g/mol. The molecule has 6 heteroatoms. The molecule has 0 bridgehead atoms. The number of fused-ring (bicyclic) bond motifs is 1. The molecular formula is C32H33N3O3. The minimum atomic E-state index is -0.790. The van der Waals surface area contributed by atoms with Crippen molar-refractivity contribution >= 4 is 22.9 Å². The highest BCUT2D eigenvalue weighted by molar-refractivity contribution is 5.97. The van der Waals surface area contributed by atoms with Crippen LogP contribution in [0.3, 0.4) is 0 Å². The van der Waals surface area contributed by atoms with Gasteiger partial charge in [0.25, 0.3) is 5.91 Å². The van der Waals surface area contributed by atoms with E-state index in [1.807, 2.05) is 59.5 Å². The van der Waals surface area contributed by atoms with Crippen molar-refractivity contribution in [1.82, 2.24) is 14.9 Å². The maximum Gasteiger partial charge on any atom is 0.303 e. The van der Waals surface area contributed by atoms with E-state index in [0.29, 0.717) is 36.9 Å². The van der Waals surface area contributed by atoms with Gasteiger partial charge in [-0.2, -0.15) is 0 Å². The molecule has 38 heavy (non-hydrogen) atoms. The van der Waals surface area contributed by atoms with Gasteiger partial charge >= 0.3 is 5.97 Å². The summed E-state index contributed by atoms with van der Waals surface area (Å²) in [4.78, 5) is 36.4. The van der Waals surface area contributed by atoms with Gasteiger partial charge in [-0.3, -0.25) is 9.59 Å². The zero-order chi connectivity index (χ0) is 26.5. The number of aromatic nitrogens is 2. The summed E-state index contributed by atoms with van der Waals surface area (Å²) in [5, 5.41) is 9.01. The zero-order valence-corrected chi connectivity index (χ0v) is 21.8. The maximum atomic E-state index is 13.6. The summed E-state index contributed by atoms with van der Waals surface area (Å²) in [6.45, 7) is 3.67. The van der Waals surface area contributed by atoms with Crippen molar-refractivity contribution in [2.75, 3.05) is 13.1 Å². The van der Waals surface area contributed by atoms with Crippen molar-refractivity contribution in [3.8, 4) is 11.3 Å². The van der Waals surface area contributed by atoms with E-state index in [9.17, 15) is 9.59 Å². The Morgan fingerprint density at radius 1 is 0.921 bits per heavy atom. The summed E-state index contributed by atoms with van der Waals surface area (Å²) in [7, 11) is 0. The van der Waals surface area contributed by atoms with Crippen molar-refractivity contribution in [3.63, 3.8) is 0 Å². The SMILES string of the molecule is C[C@@]1(c2ccccc2)CCCN(C(=O)c2ccc3nc(-c4ccccc4)c(CCCCC(=O)O)nc3c2)C1. The normalized spacial score (nSPS) is 17.4. The molecule has 0 radical (unpaired) electrons. The fourth-order valence-electron chi connectivity index (χ4n) is 5.47. The molecule has 1 atom stereocenters. The van der Waals surface area contributed by atoms with Gasteiger partial charge in [-0.25, -0.2) is 9.97 Å². The van der Waals surface area contributed by atoms with Crippen LogP contribution in [0.5, 0.6) is 0 Å². The number of unbranched alkanes of at least 4 members (excludes halogenated alkanes) is 1. The molecular weight excluding hydrogens is 474 g/mol. The van der Waals surface area contributed by atoms with Crippen molar-refractivity contribution in [2.24, 2.45) is 0 Å². The zero-order valence-electron chi connectivity index (χ0n) is 21.8. The van der Waals surface area contributed by atoms with E-state index < -0.39 is 5.97 Å². The van der Waals surface area contributed by atoms with E-state index in [0.717, 1.165) is 41.9 Å². The third kappa shape index (κ3) is 5.59. The number of carboxylic acids is 1. The van der Waals surface area contributed by atoms with E-state index in [4.69, 9.17) is 15.1 Å². The predicted molar refractivity (Wildman–Crippen MR) is 149 cm³/mol. The number of carbonyl (C=O) groups is 2. The number of likely N-dealkylation sites (tertiary alicyclic amines) is 1. The molecule has 6 nitrogen and oxygen atoms in total. The number of amides is 1. The first-order chi connectivity index (χ1) is 18.4. The first-order valence-corrected chi connectivity index (χ1v) is 13.4. The second-order valence-electron chi connectivity index (χ2n) is 10.4. The summed E-state index contributed by atoms with van der Waals surface area (Å²) in [6.07, 6.45) is 4.06.